The fourth-order valence-corrected chi connectivity index (χ4v) is 4.19. The Kier molecular flexibility index (Phi) is 6.82. The Labute approximate surface area is 202 Å². The van der Waals surface area contributed by atoms with E-state index in [1.807, 2.05) is 36.4 Å². The Morgan fingerprint density at radius 2 is 1.82 bits per heavy atom. The zero-order valence-corrected chi connectivity index (χ0v) is 20.7. The van der Waals surface area contributed by atoms with Gasteiger partial charge in [-0.25, -0.2) is 0 Å². The third kappa shape index (κ3) is 4.74. The Hall–Kier alpha value is -3.47. The quantitative estimate of drug-likeness (QED) is 0.552. The Morgan fingerprint density at radius 1 is 1.12 bits per heavy atom. The van der Waals surface area contributed by atoms with Gasteiger partial charge in [0.1, 0.15) is 17.2 Å². The van der Waals surface area contributed by atoms with Crippen LogP contribution in [0.3, 0.4) is 0 Å². The first-order valence-corrected chi connectivity index (χ1v) is 11.9. The summed E-state index contributed by atoms with van der Waals surface area (Å²) in [6.45, 7) is 6.70. The van der Waals surface area contributed by atoms with Gasteiger partial charge in [-0.3, -0.25) is 4.79 Å². The number of nitrogens with one attached hydrogen (secondary N) is 1. The van der Waals surface area contributed by atoms with Crippen molar-refractivity contribution < 1.29 is 14.3 Å². The third-order valence-corrected chi connectivity index (χ3v) is 6.94. The molecule has 2 atom stereocenters. The highest BCUT2D eigenvalue weighted by atomic mass is 16.5. The van der Waals surface area contributed by atoms with Crippen molar-refractivity contribution in [2.24, 2.45) is 5.92 Å². The SMILES string of the molecule is CCC(C)(C)c1ccc(C2NC(C(=O)N(C)c3ccc(OC)cc3)=C(C3C=CC=CC3)O2)cc1. The molecule has 2 unspecified atom stereocenters. The number of hydrogen-bond acceptors (Lipinski definition) is 4. The maximum Gasteiger partial charge on any atom is 0.277 e. The van der Waals surface area contributed by atoms with Crippen LogP contribution in [0.15, 0.2) is 84.3 Å². The summed E-state index contributed by atoms with van der Waals surface area (Å²) in [4.78, 5) is 15.2. The Bertz CT molecular complexity index is 1110. The highest BCUT2D eigenvalue weighted by Gasteiger charge is 2.35. The van der Waals surface area contributed by atoms with Crippen LogP contribution in [-0.4, -0.2) is 20.1 Å². The average molecular weight is 459 g/mol. The van der Waals surface area contributed by atoms with Gasteiger partial charge in [0.25, 0.3) is 5.91 Å². The third-order valence-electron chi connectivity index (χ3n) is 6.94. The number of amides is 1. The number of benzene rings is 2. The molecule has 34 heavy (non-hydrogen) atoms. The number of methoxy groups -OCH3 is 1. The van der Waals surface area contributed by atoms with Crippen LogP contribution >= 0.6 is 0 Å². The van der Waals surface area contributed by atoms with Crippen LogP contribution in [0.1, 0.15) is 51.0 Å². The van der Waals surface area contributed by atoms with E-state index in [0.29, 0.717) is 11.5 Å². The molecule has 1 aliphatic carbocycles. The fourth-order valence-electron chi connectivity index (χ4n) is 4.19. The van der Waals surface area contributed by atoms with Gasteiger partial charge < -0.3 is 19.7 Å². The van der Waals surface area contributed by atoms with Gasteiger partial charge in [0.05, 0.1) is 7.11 Å². The van der Waals surface area contributed by atoms with E-state index < -0.39 is 6.23 Å². The molecule has 5 nitrogen and oxygen atoms in total. The van der Waals surface area contributed by atoms with Crippen LogP contribution in [0.4, 0.5) is 5.69 Å². The van der Waals surface area contributed by atoms with E-state index in [9.17, 15) is 4.79 Å². The van der Waals surface area contributed by atoms with E-state index in [1.54, 1.807) is 19.1 Å². The first kappa shape index (κ1) is 23.7. The zero-order chi connectivity index (χ0) is 24.3. The molecule has 1 N–H and O–H groups in total. The summed E-state index contributed by atoms with van der Waals surface area (Å²) in [6.07, 6.45) is 9.68. The minimum absolute atomic E-state index is 0.0176. The van der Waals surface area contributed by atoms with E-state index >= 15 is 0 Å². The smallest absolute Gasteiger partial charge is 0.277 e. The molecule has 0 aromatic heterocycles. The van der Waals surface area contributed by atoms with Gasteiger partial charge in [-0.15, -0.1) is 0 Å². The summed E-state index contributed by atoms with van der Waals surface area (Å²) in [5.74, 6) is 1.33. The molecule has 1 aliphatic heterocycles. The maximum atomic E-state index is 13.6. The monoisotopic (exact) mass is 458 g/mol. The van der Waals surface area contributed by atoms with Crippen molar-refractivity contribution >= 4 is 11.6 Å². The van der Waals surface area contributed by atoms with Crippen molar-refractivity contribution in [3.8, 4) is 5.75 Å². The predicted molar refractivity (Wildman–Crippen MR) is 137 cm³/mol. The molecule has 1 heterocycles. The highest BCUT2D eigenvalue weighted by molar-refractivity contribution is 6.05. The highest BCUT2D eigenvalue weighted by Crippen LogP contribution is 2.36. The van der Waals surface area contributed by atoms with E-state index in [0.717, 1.165) is 29.8 Å². The van der Waals surface area contributed by atoms with Crippen molar-refractivity contribution in [2.75, 3.05) is 19.1 Å². The molecule has 0 fully saturated rings. The van der Waals surface area contributed by atoms with Crippen LogP contribution in [0.2, 0.25) is 0 Å². The molecule has 2 aromatic rings. The van der Waals surface area contributed by atoms with Gasteiger partial charge in [-0.1, -0.05) is 69.3 Å². The summed E-state index contributed by atoms with van der Waals surface area (Å²) in [5.41, 5.74) is 3.70. The number of rotatable bonds is 7. The van der Waals surface area contributed by atoms with E-state index in [1.165, 1.54) is 5.56 Å². The van der Waals surface area contributed by atoms with Gasteiger partial charge in [0.2, 0.25) is 0 Å². The zero-order valence-electron chi connectivity index (χ0n) is 20.7. The predicted octanol–water partition coefficient (Wildman–Crippen LogP) is 6.01. The van der Waals surface area contributed by atoms with Crippen molar-refractivity contribution in [3.63, 3.8) is 0 Å². The topological polar surface area (TPSA) is 50.8 Å². The normalized spacial score (nSPS) is 19.6. The molecule has 0 bridgehead atoms. The Balaban J connectivity index is 1.60. The molecule has 1 amide bonds. The average Bonchev–Trinajstić information content (AvgIpc) is 3.34. The summed E-state index contributed by atoms with van der Waals surface area (Å²) in [7, 11) is 3.41. The van der Waals surface area contributed by atoms with E-state index in [4.69, 9.17) is 9.47 Å². The molecule has 2 aliphatic rings. The van der Waals surface area contributed by atoms with Crippen LogP contribution in [0.25, 0.3) is 0 Å². The van der Waals surface area contributed by atoms with Crippen LogP contribution in [0, 0.1) is 5.92 Å². The largest absolute Gasteiger partial charge is 0.497 e. The summed E-state index contributed by atoms with van der Waals surface area (Å²) < 4.78 is 11.7. The summed E-state index contributed by atoms with van der Waals surface area (Å²) >= 11 is 0. The maximum absolute atomic E-state index is 13.6. The fraction of sp³-hybridized carbons (Fsp3) is 0.345. The van der Waals surface area contributed by atoms with E-state index in [2.05, 4.69) is 62.5 Å². The molecular weight excluding hydrogens is 424 g/mol. The van der Waals surface area contributed by atoms with Crippen molar-refractivity contribution in [1.82, 2.24) is 5.32 Å². The van der Waals surface area contributed by atoms with Crippen LogP contribution < -0.4 is 15.0 Å². The van der Waals surface area contributed by atoms with Gasteiger partial charge in [0.15, 0.2) is 6.23 Å². The molecular formula is C29H34N2O3. The van der Waals surface area contributed by atoms with Crippen LogP contribution in [0.5, 0.6) is 5.75 Å². The lowest BCUT2D eigenvalue weighted by atomic mass is 9.82. The lowest BCUT2D eigenvalue weighted by molar-refractivity contribution is -0.115. The number of hydrogen-bond donors (Lipinski definition) is 1. The van der Waals surface area contributed by atoms with Crippen molar-refractivity contribution in [3.05, 3.63) is 95.4 Å². The number of carbonyl (C=O) groups is 1. The minimum Gasteiger partial charge on any atom is -0.497 e. The molecule has 2 aromatic carbocycles. The first-order valence-electron chi connectivity index (χ1n) is 11.9. The minimum atomic E-state index is -0.406. The van der Waals surface area contributed by atoms with Gasteiger partial charge >= 0.3 is 0 Å². The molecule has 178 valence electrons. The molecule has 4 rings (SSSR count). The molecule has 0 saturated heterocycles. The second-order valence-corrected chi connectivity index (χ2v) is 9.46. The lowest BCUT2D eigenvalue weighted by Gasteiger charge is -2.24. The molecule has 0 radical (unpaired) electrons. The lowest BCUT2D eigenvalue weighted by Crippen LogP contribution is -2.33. The van der Waals surface area contributed by atoms with Crippen molar-refractivity contribution in [1.29, 1.82) is 0 Å². The summed E-state index contributed by atoms with van der Waals surface area (Å²) in [5, 5.41) is 3.38. The first-order chi connectivity index (χ1) is 16.3. The van der Waals surface area contributed by atoms with Crippen LogP contribution in [-0.2, 0) is 14.9 Å². The van der Waals surface area contributed by atoms with Gasteiger partial charge in [0, 0.05) is 24.2 Å². The summed E-state index contributed by atoms with van der Waals surface area (Å²) in [6, 6.07) is 16.0. The molecule has 0 saturated carbocycles. The number of nitrogens with zero attached hydrogens (tertiary/aromatic N) is 1. The van der Waals surface area contributed by atoms with E-state index in [-0.39, 0.29) is 17.2 Å². The number of ether oxygens (including phenoxy) is 2. The molecule has 0 spiro atoms. The number of anilines is 1. The number of carbonyl (C=O) groups excluding carboxylic acids is 1. The second-order valence-electron chi connectivity index (χ2n) is 9.46. The second kappa shape index (κ2) is 9.80. The van der Waals surface area contributed by atoms with Gasteiger partial charge in [-0.05, 0) is 48.1 Å². The Morgan fingerprint density at radius 3 is 2.41 bits per heavy atom. The number of allylic oxidation sites excluding steroid dienone is 4. The number of likely N-dealkylation sites (N-methyl/N-ethyl adjacent to an activating group) is 1. The van der Waals surface area contributed by atoms with Crippen molar-refractivity contribution in [2.45, 2.75) is 45.3 Å². The van der Waals surface area contributed by atoms with Gasteiger partial charge in [-0.2, -0.15) is 0 Å². The standard InChI is InChI=1S/C29H34N2O3/c1-6-29(2,3)22-14-12-21(13-15-22)27-30-25(26(34-27)20-10-8-7-9-11-20)28(32)31(4)23-16-18-24(33-5)19-17-23/h7-10,12-20,27,30H,6,11H2,1-5H3. The molecule has 5 heteroatoms.